The highest BCUT2D eigenvalue weighted by molar-refractivity contribution is 6.12. The maximum atomic E-state index is 9.41. The average Bonchev–Trinajstić information content (AvgIpc) is 1.61. The fourth-order valence-corrected chi connectivity index (χ4v) is 13.8. The maximum Gasteiger partial charge on any atom is 0.229 e. The molecule has 0 spiro atoms. The molecule has 16 rings (SSSR count). The number of pyridine rings is 4. The van der Waals surface area contributed by atoms with Gasteiger partial charge in [-0.15, -0.1) is 0 Å². The van der Waals surface area contributed by atoms with Gasteiger partial charge in [-0.3, -0.25) is 0 Å². The quantitative estimate of drug-likeness (QED) is 0.128. The first-order chi connectivity index (χ1) is 47.9. The van der Waals surface area contributed by atoms with Crippen LogP contribution in [0.15, 0.2) is 188 Å². The first-order valence-electron chi connectivity index (χ1n) is 33.2. The second kappa shape index (κ2) is 26.2. The zero-order valence-corrected chi connectivity index (χ0v) is 59.4. The fourth-order valence-electron chi connectivity index (χ4n) is 13.8. The van der Waals surface area contributed by atoms with Crippen molar-refractivity contribution in [1.82, 2.24) is 0 Å². The first kappa shape index (κ1) is 66.1. The molecule has 0 fully saturated rings. The summed E-state index contributed by atoms with van der Waals surface area (Å²) >= 11 is 0. The Morgan fingerprint density at radius 3 is 1.18 bits per heavy atom. The summed E-state index contributed by atoms with van der Waals surface area (Å²) in [4.78, 5) is 7.07. The predicted molar refractivity (Wildman–Crippen MR) is 400 cm³/mol. The lowest BCUT2D eigenvalue weighted by Crippen LogP contribution is -2.31. The predicted octanol–water partition coefficient (Wildman–Crippen LogP) is 20.9. The largest absolute Gasteiger partial charge is 0.467 e. The van der Waals surface area contributed by atoms with E-state index in [0.717, 1.165) is 110 Å². The van der Waals surface area contributed by atoms with Gasteiger partial charge in [-0.1, -0.05) is 36.4 Å². The fraction of sp³-hybridized carbons (Fsp3) is 0.182. The molecule has 0 aliphatic heterocycles. The Hall–Kier alpha value is -12.5. The Kier molecular flexibility index (Phi) is 17.3. The summed E-state index contributed by atoms with van der Waals surface area (Å²) < 4.78 is 32.8. The van der Waals surface area contributed by atoms with E-state index in [9.17, 15) is 5.26 Å². The maximum absolute atomic E-state index is 9.41. The average molecular weight is 1310 g/mol. The van der Waals surface area contributed by atoms with Gasteiger partial charge in [0.2, 0.25) is 28.5 Å². The summed E-state index contributed by atoms with van der Waals surface area (Å²) in [5.41, 5.74) is 33.1. The number of furan rings is 4. The van der Waals surface area contributed by atoms with Crippen molar-refractivity contribution < 1.29 is 35.9 Å². The first-order valence-corrected chi connectivity index (χ1v) is 33.2. The number of benzene rings is 8. The van der Waals surface area contributed by atoms with Gasteiger partial charge in [-0.2, -0.15) is 10.5 Å². The molecular formula is C88H76N8O4+4. The summed E-state index contributed by atoms with van der Waals surface area (Å²) in [6.45, 7) is 40.1. The molecule has 8 aromatic heterocycles. The number of nitriles is 2. The van der Waals surface area contributed by atoms with Crippen LogP contribution in [-0.4, -0.2) is 0 Å². The summed E-state index contributed by atoms with van der Waals surface area (Å²) in [7, 11) is 8.29. The number of rotatable bonds is 4. The van der Waals surface area contributed by atoms with E-state index >= 15 is 0 Å². The molecule has 8 heterocycles. The van der Waals surface area contributed by atoms with Gasteiger partial charge in [0.05, 0.1) is 58.7 Å². The highest BCUT2D eigenvalue weighted by Crippen LogP contribution is 2.41. The van der Waals surface area contributed by atoms with Gasteiger partial charge in [0.1, 0.15) is 72.9 Å². The van der Waals surface area contributed by atoms with Crippen LogP contribution in [0.5, 0.6) is 0 Å². The number of nitrogens with zero attached hydrogens (tertiary/aromatic N) is 8. The van der Waals surface area contributed by atoms with Gasteiger partial charge in [0.25, 0.3) is 0 Å². The van der Waals surface area contributed by atoms with Gasteiger partial charge < -0.3 is 17.7 Å². The van der Waals surface area contributed by atoms with E-state index < -0.39 is 0 Å². The van der Waals surface area contributed by atoms with E-state index in [-0.39, 0.29) is 0 Å². The summed E-state index contributed by atoms with van der Waals surface area (Å²) in [5.74, 6) is 0. The number of hydrogen-bond donors (Lipinski definition) is 0. The Morgan fingerprint density at radius 2 is 0.720 bits per heavy atom. The molecule has 0 unspecified atom stereocenters. The van der Waals surface area contributed by atoms with E-state index in [1.54, 1.807) is 12.1 Å². The van der Waals surface area contributed by atoms with Crippen molar-refractivity contribution in [2.45, 2.75) is 83.1 Å². The van der Waals surface area contributed by atoms with E-state index in [2.05, 4.69) is 249 Å². The van der Waals surface area contributed by atoms with Crippen molar-refractivity contribution >= 4 is 99.1 Å². The van der Waals surface area contributed by atoms with Crippen LogP contribution in [0.25, 0.3) is 142 Å². The molecule has 12 nitrogen and oxygen atoms in total. The van der Waals surface area contributed by atoms with Crippen molar-refractivity contribution in [3.8, 4) is 57.2 Å². The minimum absolute atomic E-state index is 0.560. The van der Waals surface area contributed by atoms with Crippen LogP contribution in [-0.2, 0) is 28.2 Å². The van der Waals surface area contributed by atoms with Crippen molar-refractivity contribution in [3.05, 3.63) is 271 Å². The molecule has 0 aliphatic rings. The monoisotopic (exact) mass is 1310 g/mol. The van der Waals surface area contributed by atoms with Gasteiger partial charge in [-0.25, -0.2) is 28.0 Å². The van der Waals surface area contributed by atoms with Crippen LogP contribution >= 0.6 is 0 Å². The third kappa shape index (κ3) is 12.0. The van der Waals surface area contributed by atoms with Crippen molar-refractivity contribution in [1.29, 1.82) is 10.5 Å². The molecule has 0 N–H and O–H groups in total. The number of para-hydroxylation sites is 1. The number of fused-ring (bicyclic) bond motifs is 12. The molecule has 0 saturated heterocycles. The standard InChI is InChI=1S/4C22H19N2O/c1-13-9-20(24(5)12-15(13)3)18-11-22-19(8-14(18)2)17-7-6-16(23-4)10-21(17)25-22;1-13-10-20(24(5)12-15(13)3)17-11-21-18(9-14(17)2)16-7-6-8-19(23-4)22(16)25-21;1-13-8-20(24(4)12-15(13)3)17-10-22-18(7-14(17)2)19-9-16(11-23)5-6-21(19)25-22;1-13-9-19(24(4)12-15(13)3)17-10-21-18(8-14(17)2)22-16(11-23)6-5-7-20(22)25-21/h2*6-12H,1-3,5H3;2*5-10,12H,1-4H3/q4*+1. The van der Waals surface area contributed by atoms with Gasteiger partial charge in [-0.05, 0) is 213 Å². The summed E-state index contributed by atoms with van der Waals surface area (Å²) in [5, 5.41) is 26.7. The smallest absolute Gasteiger partial charge is 0.229 e. The van der Waals surface area contributed by atoms with Gasteiger partial charge in [0.15, 0.2) is 30.5 Å². The Labute approximate surface area is 581 Å². The molecular weight excluding hydrogens is 1230 g/mol. The van der Waals surface area contributed by atoms with Crippen LogP contribution in [0.3, 0.4) is 0 Å². The Morgan fingerprint density at radius 1 is 0.320 bits per heavy atom. The molecule has 12 heteroatoms. The van der Waals surface area contributed by atoms with Crippen molar-refractivity contribution in [3.63, 3.8) is 0 Å². The van der Waals surface area contributed by atoms with Crippen LogP contribution in [0.4, 0.5) is 11.4 Å². The molecule has 100 heavy (non-hydrogen) atoms. The van der Waals surface area contributed by atoms with E-state index in [4.69, 9.17) is 36.1 Å². The van der Waals surface area contributed by atoms with E-state index in [1.807, 2.05) is 60.7 Å². The van der Waals surface area contributed by atoms with Gasteiger partial charge >= 0.3 is 0 Å². The second-order valence-electron chi connectivity index (χ2n) is 26.8. The number of aryl methyl sites for hydroxylation is 16. The highest BCUT2D eigenvalue weighted by Gasteiger charge is 2.24. The molecule has 16 aromatic rings. The molecule has 0 aliphatic carbocycles. The van der Waals surface area contributed by atoms with E-state index in [0.29, 0.717) is 28.1 Å². The lowest BCUT2D eigenvalue weighted by molar-refractivity contribution is -0.660. The molecule has 0 saturated carbocycles. The molecule has 0 atom stereocenters. The third-order valence-corrected chi connectivity index (χ3v) is 19.9. The minimum Gasteiger partial charge on any atom is -0.467 e. The lowest BCUT2D eigenvalue weighted by Gasteiger charge is -2.07. The Bertz CT molecular complexity index is 6160. The third-order valence-electron chi connectivity index (χ3n) is 19.9. The molecule has 0 bridgehead atoms. The zero-order valence-electron chi connectivity index (χ0n) is 59.4. The summed E-state index contributed by atoms with van der Waals surface area (Å²) in [6, 6.07) is 53.0. The van der Waals surface area contributed by atoms with Crippen molar-refractivity contribution in [2.24, 2.45) is 28.2 Å². The number of hydrogen-bond acceptors (Lipinski definition) is 6. The van der Waals surface area contributed by atoms with E-state index in [1.165, 1.54) is 83.7 Å². The zero-order chi connectivity index (χ0) is 70.9. The molecule has 488 valence electrons. The Balaban J connectivity index is 0.000000119. The summed E-state index contributed by atoms with van der Waals surface area (Å²) in [6.07, 6.45) is 8.63. The highest BCUT2D eigenvalue weighted by atomic mass is 16.3. The second-order valence-corrected chi connectivity index (χ2v) is 26.8. The molecule has 0 radical (unpaired) electrons. The van der Waals surface area contributed by atoms with Gasteiger partial charge in [0, 0.05) is 89.6 Å². The van der Waals surface area contributed by atoms with Crippen LogP contribution in [0.1, 0.15) is 77.9 Å². The SMILES string of the molecule is Cc1cc(-c2cc3oc4ccc(C#N)cc4c3cc2C)[n+](C)cc1C.Cc1cc(-c2cc3oc4cccc(C#N)c4c3cc2C)[n+](C)cc1C.[C-]#[N+]c1ccc2c(c1)oc1cc(-c3cc(C)c(C)c[n+]3C)c(C)cc12.[C-]#[N+]c1cccc2c1oc1cc(-c3cc(C)c(C)c[n+]3C)c(C)cc12. The normalized spacial score (nSPS) is 11.2. The molecule has 8 aromatic carbocycles. The number of aromatic nitrogens is 4. The van der Waals surface area contributed by atoms with Crippen LogP contribution in [0, 0.1) is 119 Å². The van der Waals surface area contributed by atoms with Crippen LogP contribution in [0.2, 0.25) is 0 Å². The topological polar surface area (TPSA) is 124 Å². The van der Waals surface area contributed by atoms with Crippen molar-refractivity contribution in [2.75, 3.05) is 0 Å². The lowest BCUT2D eigenvalue weighted by atomic mass is 9.98. The minimum atomic E-state index is 0.560. The molecule has 0 amide bonds. The van der Waals surface area contributed by atoms with Crippen LogP contribution < -0.4 is 18.3 Å².